The molecule has 1 heterocycles. The van der Waals surface area contributed by atoms with Crippen LogP contribution in [0.1, 0.15) is 0 Å². The lowest BCUT2D eigenvalue weighted by Crippen LogP contribution is -2.36. The van der Waals surface area contributed by atoms with Crippen LogP contribution < -0.4 is 10.6 Å². The lowest BCUT2D eigenvalue weighted by molar-refractivity contribution is -0.128. The highest BCUT2D eigenvalue weighted by molar-refractivity contribution is 5.80. The fourth-order valence-corrected chi connectivity index (χ4v) is 0.851. The van der Waals surface area contributed by atoms with Crippen molar-refractivity contribution in [2.45, 2.75) is 6.10 Å². The van der Waals surface area contributed by atoms with Crippen LogP contribution in [-0.2, 0) is 4.79 Å². The molecule has 1 aromatic rings. The van der Waals surface area contributed by atoms with Crippen molar-refractivity contribution in [2.75, 3.05) is 18.9 Å². The average Bonchev–Trinajstić information content (AvgIpc) is 2.26. The van der Waals surface area contributed by atoms with Crippen molar-refractivity contribution in [3.63, 3.8) is 0 Å². The van der Waals surface area contributed by atoms with Crippen LogP contribution in [0.15, 0.2) is 18.6 Å². The molecule has 0 aliphatic rings. The van der Waals surface area contributed by atoms with Gasteiger partial charge in [-0.2, -0.15) is 0 Å². The van der Waals surface area contributed by atoms with Gasteiger partial charge in [0.1, 0.15) is 11.9 Å². The first-order valence-corrected chi connectivity index (χ1v) is 4.13. The molecule has 0 bridgehead atoms. The molecule has 1 rings (SSSR count). The zero-order chi connectivity index (χ0) is 10.4. The first kappa shape index (κ1) is 10.4. The van der Waals surface area contributed by atoms with Crippen LogP contribution in [0.2, 0.25) is 0 Å². The molecule has 14 heavy (non-hydrogen) atoms. The van der Waals surface area contributed by atoms with Crippen LogP contribution in [0.4, 0.5) is 5.82 Å². The van der Waals surface area contributed by atoms with Gasteiger partial charge >= 0.3 is 0 Å². The van der Waals surface area contributed by atoms with Gasteiger partial charge < -0.3 is 15.7 Å². The monoisotopic (exact) mass is 196 g/mol. The molecule has 0 radical (unpaired) electrons. The Balaban J connectivity index is 2.38. The molecule has 0 saturated heterocycles. The molecule has 0 fully saturated rings. The minimum atomic E-state index is -1.08. The Morgan fingerprint density at radius 1 is 1.64 bits per heavy atom. The van der Waals surface area contributed by atoms with E-state index in [0.717, 1.165) is 0 Å². The molecule has 0 aliphatic carbocycles. The SMILES string of the molecule is CNC(=O)C(O)CNc1cnccn1. The van der Waals surface area contributed by atoms with Crippen LogP contribution in [0.25, 0.3) is 0 Å². The van der Waals surface area contributed by atoms with Gasteiger partial charge in [-0.1, -0.05) is 0 Å². The summed E-state index contributed by atoms with van der Waals surface area (Å²) in [7, 11) is 1.47. The van der Waals surface area contributed by atoms with Gasteiger partial charge in [-0.05, 0) is 0 Å². The number of rotatable bonds is 4. The van der Waals surface area contributed by atoms with Crippen LogP contribution in [0.5, 0.6) is 0 Å². The summed E-state index contributed by atoms with van der Waals surface area (Å²) < 4.78 is 0. The summed E-state index contributed by atoms with van der Waals surface area (Å²) in [6.45, 7) is 0.109. The second-order valence-electron chi connectivity index (χ2n) is 2.60. The molecule has 0 spiro atoms. The van der Waals surface area contributed by atoms with Gasteiger partial charge in [0.25, 0.3) is 0 Å². The number of hydrogen-bond donors (Lipinski definition) is 3. The van der Waals surface area contributed by atoms with E-state index in [4.69, 9.17) is 0 Å². The normalized spacial score (nSPS) is 11.9. The molecule has 0 saturated carbocycles. The Kier molecular flexibility index (Phi) is 3.81. The Labute approximate surface area is 81.4 Å². The Morgan fingerprint density at radius 3 is 3.00 bits per heavy atom. The summed E-state index contributed by atoms with van der Waals surface area (Å²) in [5.74, 6) is 0.0943. The lowest BCUT2D eigenvalue weighted by Gasteiger charge is -2.09. The predicted molar refractivity (Wildman–Crippen MR) is 50.6 cm³/mol. The van der Waals surface area contributed by atoms with Gasteiger partial charge in [0.2, 0.25) is 5.91 Å². The zero-order valence-corrected chi connectivity index (χ0v) is 7.77. The Morgan fingerprint density at radius 2 is 2.43 bits per heavy atom. The number of carbonyl (C=O) groups excluding carboxylic acids is 1. The number of nitrogens with one attached hydrogen (secondary N) is 2. The van der Waals surface area contributed by atoms with E-state index < -0.39 is 12.0 Å². The van der Waals surface area contributed by atoms with Crippen molar-refractivity contribution in [3.05, 3.63) is 18.6 Å². The summed E-state index contributed by atoms with van der Waals surface area (Å²) >= 11 is 0. The van der Waals surface area contributed by atoms with E-state index >= 15 is 0 Å². The largest absolute Gasteiger partial charge is 0.381 e. The lowest BCUT2D eigenvalue weighted by atomic mass is 10.3. The molecular formula is C8H12N4O2. The molecule has 0 aromatic carbocycles. The first-order valence-electron chi connectivity index (χ1n) is 4.13. The van der Waals surface area contributed by atoms with Gasteiger partial charge in [-0.3, -0.25) is 9.78 Å². The molecule has 6 heteroatoms. The number of carbonyl (C=O) groups is 1. The second-order valence-corrected chi connectivity index (χ2v) is 2.60. The number of hydrogen-bond acceptors (Lipinski definition) is 5. The predicted octanol–water partition coefficient (Wildman–Crippen LogP) is -1.00. The highest BCUT2D eigenvalue weighted by Crippen LogP contribution is 1.96. The number of aliphatic hydroxyl groups excluding tert-OH is 1. The van der Waals surface area contributed by atoms with E-state index in [1.807, 2.05) is 0 Å². The maximum Gasteiger partial charge on any atom is 0.250 e. The molecule has 1 unspecified atom stereocenters. The van der Waals surface area contributed by atoms with E-state index in [9.17, 15) is 9.90 Å². The number of likely N-dealkylation sites (N-methyl/N-ethyl adjacent to an activating group) is 1. The van der Waals surface area contributed by atoms with Crippen LogP contribution in [-0.4, -0.2) is 40.7 Å². The van der Waals surface area contributed by atoms with E-state index in [1.165, 1.54) is 19.4 Å². The van der Waals surface area contributed by atoms with Gasteiger partial charge in [0.05, 0.1) is 12.7 Å². The second kappa shape index (κ2) is 5.13. The smallest absolute Gasteiger partial charge is 0.250 e. The fourth-order valence-electron chi connectivity index (χ4n) is 0.851. The van der Waals surface area contributed by atoms with E-state index in [2.05, 4.69) is 20.6 Å². The third kappa shape index (κ3) is 2.98. The molecule has 76 valence electrons. The molecule has 3 N–H and O–H groups in total. The van der Waals surface area contributed by atoms with Crippen molar-refractivity contribution in [1.29, 1.82) is 0 Å². The third-order valence-corrected chi connectivity index (χ3v) is 1.59. The maximum absolute atomic E-state index is 10.9. The van der Waals surface area contributed by atoms with Crippen molar-refractivity contribution < 1.29 is 9.90 Å². The maximum atomic E-state index is 10.9. The van der Waals surface area contributed by atoms with Crippen molar-refractivity contribution >= 4 is 11.7 Å². The summed E-state index contributed by atoms with van der Waals surface area (Å²) in [6.07, 6.45) is 3.49. The minimum absolute atomic E-state index is 0.109. The quantitative estimate of drug-likeness (QED) is 0.574. The average molecular weight is 196 g/mol. The van der Waals surface area contributed by atoms with Gasteiger partial charge in [-0.15, -0.1) is 0 Å². The third-order valence-electron chi connectivity index (χ3n) is 1.59. The summed E-state index contributed by atoms with van der Waals surface area (Å²) in [5.41, 5.74) is 0. The van der Waals surface area contributed by atoms with Gasteiger partial charge in [0.15, 0.2) is 0 Å². The molecule has 1 amide bonds. The van der Waals surface area contributed by atoms with Crippen molar-refractivity contribution in [3.8, 4) is 0 Å². The number of nitrogens with zero attached hydrogens (tertiary/aromatic N) is 2. The van der Waals surface area contributed by atoms with Crippen molar-refractivity contribution in [2.24, 2.45) is 0 Å². The van der Waals surface area contributed by atoms with E-state index in [-0.39, 0.29) is 6.54 Å². The first-order chi connectivity index (χ1) is 6.74. The highest BCUT2D eigenvalue weighted by Gasteiger charge is 2.12. The van der Waals surface area contributed by atoms with Gasteiger partial charge in [-0.25, -0.2) is 4.98 Å². The Bertz CT molecular complexity index is 291. The number of anilines is 1. The molecule has 1 atom stereocenters. The molecular weight excluding hydrogens is 184 g/mol. The summed E-state index contributed by atoms with van der Waals surface area (Å²) in [6, 6.07) is 0. The van der Waals surface area contributed by atoms with Crippen LogP contribution >= 0.6 is 0 Å². The van der Waals surface area contributed by atoms with E-state index in [0.29, 0.717) is 5.82 Å². The van der Waals surface area contributed by atoms with E-state index in [1.54, 1.807) is 6.20 Å². The number of aromatic nitrogens is 2. The van der Waals surface area contributed by atoms with Gasteiger partial charge in [0, 0.05) is 19.4 Å². The fraction of sp³-hybridized carbons (Fsp3) is 0.375. The van der Waals surface area contributed by atoms with Crippen molar-refractivity contribution in [1.82, 2.24) is 15.3 Å². The minimum Gasteiger partial charge on any atom is -0.381 e. The van der Waals surface area contributed by atoms with Crippen LogP contribution in [0.3, 0.4) is 0 Å². The van der Waals surface area contributed by atoms with Crippen LogP contribution in [0, 0.1) is 0 Å². The highest BCUT2D eigenvalue weighted by atomic mass is 16.3. The summed E-state index contributed by atoms with van der Waals surface area (Å²) in [5, 5.41) is 14.4. The molecule has 0 aliphatic heterocycles. The topological polar surface area (TPSA) is 87.1 Å². The zero-order valence-electron chi connectivity index (χ0n) is 7.77. The Hall–Kier alpha value is -1.69. The molecule has 6 nitrogen and oxygen atoms in total. The molecule has 1 aromatic heterocycles. The summed E-state index contributed by atoms with van der Waals surface area (Å²) in [4.78, 5) is 18.6. The number of aliphatic hydroxyl groups is 1. The number of amides is 1. The standard InChI is InChI=1S/C8H12N4O2/c1-9-8(14)6(13)4-12-7-5-10-2-3-11-7/h2-3,5-6,13H,4H2,1H3,(H,9,14)(H,11,12).